The molecule has 1 saturated heterocycles. The van der Waals surface area contributed by atoms with Crippen LogP contribution in [0.2, 0.25) is 5.02 Å². The molecule has 0 radical (unpaired) electrons. The van der Waals surface area contributed by atoms with Gasteiger partial charge in [-0.15, -0.1) is 0 Å². The molecular formula is C20H30ClN3O2. The van der Waals surface area contributed by atoms with Gasteiger partial charge < -0.3 is 15.5 Å². The molecule has 1 heterocycles. The third-order valence-corrected chi connectivity index (χ3v) is 5.14. The van der Waals surface area contributed by atoms with Crippen LogP contribution < -0.4 is 10.6 Å². The molecule has 1 atom stereocenters. The van der Waals surface area contributed by atoms with Gasteiger partial charge in [-0.25, -0.2) is 0 Å². The summed E-state index contributed by atoms with van der Waals surface area (Å²) in [6, 6.07) is 6.88. The Balaban J connectivity index is 1.74. The first-order valence-electron chi connectivity index (χ1n) is 9.45. The number of amides is 2. The molecule has 2 amide bonds. The van der Waals surface area contributed by atoms with Crippen LogP contribution in [0, 0.1) is 5.92 Å². The molecule has 0 aromatic heterocycles. The molecule has 0 spiro atoms. The first-order valence-corrected chi connectivity index (χ1v) is 9.83. The van der Waals surface area contributed by atoms with E-state index in [0.717, 1.165) is 37.5 Å². The first kappa shape index (κ1) is 20.7. The third-order valence-electron chi connectivity index (χ3n) is 4.89. The smallest absolute Gasteiger partial charge is 0.222 e. The fourth-order valence-corrected chi connectivity index (χ4v) is 3.39. The molecule has 1 fully saturated rings. The molecule has 26 heavy (non-hydrogen) atoms. The molecule has 1 aromatic carbocycles. The Bertz CT molecular complexity index is 583. The minimum absolute atomic E-state index is 0.0500. The van der Waals surface area contributed by atoms with E-state index in [9.17, 15) is 9.59 Å². The Morgan fingerprint density at radius 2 is 1.88 bits per heavy atom. The number of carbonyl (C=O) groups is 2. The highest BCUT2D eigenvalue weighted by atomic mass is 35.5. The largest absolute Gasteiger partial charge is 0.356 e. The van der Waals surface area contributed by atoms with Crippen LogP contribution in [0.5, 0.6) is 0 Å². The number of hydrogen-bond acceptors (Lipinski definition) is 3. The molecule has 6 heteroatoms. The van der Waals surface area contributed by atoms with Crippen molar-refractivity contribution in [1.29, 1.82) is 0 Å². The highest BCUT2D eigenvalue weighted by molar-refractivity contribution is 6.30. The second-order valence-corrected chi connectivity index (χ2v) is 7.67. The van der Waals surface area contributed by atoms with Gasteiger partial charge in [-0.1, -0.05) is 30.7 Å². The van der Waals surface area contributed by atoms with Crippen molar-refractivity contribution in [1.82, 2.24) is 15.5 Å². The van der Waals surface area contributed by atoms with Crippen LogP contribution in [0.25, 0.3) is 0 Å². The maximum Gasteiger partial charge on any atom is 0.222 e. The van der Waals surface area contributed by atoms with Crippen molar-refractivity contribution in [3.63, 3.8) is 0 Å². The molecule has 2 N–H and O–H groups in total. The maximum absolute atomic E-state index is 12.3. The summed E-state index contributed by atoms with van der Waals surface area (Å²) in [5.41, 5.74) is 0.877. The number of nitrogens with one attached hydrogen (secondary N) is 2. The lowest BCUT2D eigenvalue weighted by Gasteiger charge is -2.30. The van der Waals surface area contributed by atoms with Gasteiger partial charge in [-0.05, 0) is 62.5 Å². The minimum atomic E-state index is -0.339. The van der Waals surface area contributed by atoms with E-state index in [2.05, 4.69) is 22.5 Å². The van der Waals surface area contributed by atoms with Gasteiger partial charge in [0, 0.05) is 18.5 Å². The highest BCUT2D eigenvalue weighted by Gasteiger charge is 2.18. The second-order valence-electron chi connectivity index (χ2n) is 7.24. The Morgan fingerprint density at radius 3 is 2.50 bits per heavy atom. The average molecular weight is 380 g/mol. The van der Waals surface area contributed by atoms with Gasteiger partial charge in [0.05, 0.1) is 12.5 Å². The zero-order valence-electron chi connectivity index (χ0n) is 15.8. The number of nitrogens with zero attached hydrogens (tertiary/aromatic N) is 1. The van der Waals surface area contributed by atoms with Crippen LogP contribution in [0.3, 0.4) is 0 Å². The molecule has 1 aliphatic heterocycles. The van der Waals surface area contributed by atoms with Gasteiger partial charge in [-0.3, -0.25) is 9.59 Å². The van der Waals surface area contributed by atoms with E-state index in [1.165, 1.54) is 19.8 Å². The number of halogens is 1. The molecule has 5 nitrogen and oxygen atoms in total. The summed E-state index contributed by atoms with van der Waals surface area (Å²) >= 11 is 5.91. The van der Waals surface area contributed by atoms with Crippen molar-refractivity contribution in [3.05, 3.63) is 34.9 Å². The topological polar surface area (TPSA) is 61.4 Å². The van der Waals surface area contributed by atoms with Crippen LogP contribution >= 0.6 is 11.6 Å². The van der Waals surface area contributed by atoms with E-state index in [1.807, 2.05) is 12.1 Å². The van der Waals surface area contributed by atoms with E-state index < -0.39 is 0 Å². The minimum Gasteiger partial charge on any atom is -0.356 e. The summed E-state index contributed by atoms with van der Waals surface area (Å²) in [5, 5.41) is 6.45. The number of carbonyl (C=O) groups excluding carboxylic acids is 2. The molecule has 0 aliphatic carbocycles. The van der Waals surface area contributed by atoms with Crippen LogP contribution in [0.4, 0.5) is 0 Å². The Morgan fingerprint density at radius 1 is 1.23 bits per heavy atom. The van der Waals surface area contributed by atoms with Crippen LogP contribution in [0.1, 0.15) is 51.1 Å². The van der Waals surface area contributed by atoms with Gasteiger partial charge in [0.1, 0.15) is 0 Å². The molecule has 2 rings (SSSR count). The van der Waals surface area contributed by atoms with E-state index in [4.69, 9.17) is 11.6 Å². The predicted octanol–water partition coefficient (Wildman–Crippen LogP) is 3.15. The number of likely N-dealkylation sites (tertiary alicyclic amines) is 1. The molecule has 0 bridgehead atoms. The van der Waals surface area contributed by atoms with Gasteiger partial charge in [0.2, 0.25) is 11.8 Å². The summed E-state index contributed by atoms with van der Waals surface area (Å²) in [6.07, 6.45) is 3.71. The predicted molar refractivity (Wildman–Crippen MR) is 105 cm³/mol. The van der Waals surface area contributed by atoms with Gasteiger partial charge >= 0.3 is 0 Å². The van der Waals surface area contributed by atoms with Crippen molar-refractivity contribution in [2.45, 2.75) is 45.6 Å². The molecular weight excluding hydrogens is 350 g/mol. The third kappa shape index (κ3) is 7.34. The highest BCUT2D eigenvalue weighted by Crippen LogP contribution is 2.19. The number of hydrogen-bond donors (Lipinski definition) is 2. The second kappa shape index (κ2) is 10.5. The zero-order valence-corrected chi connectivity index (χ0v) is 16.5. The summed E-state index contributed by atoms with van der Waals surface area (Å²) in [4.78, 5) is 26.2. The molecule has 144 valence electrons. The van der Waals surface area contributed by atoms with E-state index >= 15 is 0 Å². The normalized spacial score (nSPS) is 16.9. The lowest BCUT2D eigenvalue weighted by molar-refractivity contribution is -0.122. The molecule has 1 aromatic rings. The van der Waals surface area contributed by atoms with Crippen molar-refractivity contribution in [3.8, 4) is 0 Å². The molecule has 0 saturated carbocycles. The first-order chi connectivity index (χ1) is 12.4. The van der Waals surface area contributed by atoms with Crippen LogP contribution in [-0.4, -0.2) is 42.9 Å². The Kier molecular flexibility index (Phi) is 8.39. The number of piperidine rings is 1. The Hall–Kier alpha value is -1.59. The van der Waals surface area contributed by atoms with Crippen molar-refractivity contribution in [2.75, 3.05) is 26.2 Å². The van der Waals surface area contributed by atoms with Gasteiger partial charge in [-0.2, -0.15) is 0 Å². The van der Waals surface area contributed by atoms with Crippen LogP contribution in [0.15, 0.2) is 24.3 Å². The molecule has 1 aliphatic rings. The quantitative estimate of drug-likeness (QED) is 0.682. The lowest BCUT2D eigenvalue weighted by atomic mass is 9.99. The SMILES string of the molecule is CC(=O)NC(CC(=O)NCCCN1CCC(C)CC1)c1ccc(Cl)cc1. The number of benzene rings is 1. The molecule has 1 unspecified atom stereocenters. The Labute approximate surface area is 161 Å². The number of rotatable bonds is 8. The van der Waals surface area contributed by atoms with Gasteiger partial charge in [0.25, 0.3) is 0 Å². The zero-order chi connectivity index (χ0) is 18.9. The monoisotopic (exact) mass is 379 g/mol. The summed E-state index contributed by atoms with van der Waals surface area (Å²) in [6.45, 7) is 7.79. The van der Waals surface area contributed by atoms with Gasteiger partial charge in [0.15, 0.2) is 0 Å². The lowest BCUT2D eigenvalue weighted by Crippen LogP contribution is -2.36. The van der Waals surface area contributed by atoms with Crippen molar-refractivity contribution < 1.29 is 9.59 Å². The van der Waals surface area contributed by atoms with Crippen molar-refractivity contribution in [2.24, 2.45) is 5.92 Å². The maximum atomic E-state index is 12.3. The van der Waals surface area contributed by atoms with E-state index in [-0.39, 0.29) is 24.3 Å². The standard InChI is InChI=1S/C20H30ClN3O2/c1-15-8-12-24(13-9-15)11-3-10-22-20(26)14-19(23-16(2)25)17-4-6-18(21)7-5-17/h4-7,15,19H,3,8-14H2,1-2H3,(H,22,26)(H,23,25). The van der Waals surface area contributed by atoms with E-state index in [1.54, 1.807) is 12.1 Å². The average Bonchev–Trinajstić information content (AvgIpc) is 2.60. The summed E-state index contributed by atoms with van der Waals surface area (Å²) < 4.78 is 0. The summed E-state index contributed by atoms with van der Waals surface area (Å²) in [7, 11) is 0. The van der Waals surface area contributed by atoms with E-state index in [0.29, 0.717) is 11.6 Å². The fourth-order valence-electron chi connectivity index (χ4n) is 3.27. The van der Waals surface area contributed by atoms with Crippen LogP contribution in [-0.2, 0) is 9.59 Å². The fraction of sp³-hybridized carbons (Fsp3) is 0.600. The summed E-state index contributed by atoms with van der Waals surface area (Å²) in [5.74, 6) is 0.632. The van der Waals surface area contributed by atoms with Crippen molar-refractivity contribution >= 4 is 23.4 Å².